The minimum atomic E-state index is -0.169. The van der Waals surface area contributed by atoms with Crippen LogP contribution in [0.2, 0.25) is 0 Å². The third-order valence-electron chi connectivity index (χ3n) is 4.14. The summed E-state index contributed by atoms with van der Waals surface area (Å²) in [7, 11) is 3.33. The molecule has 1 N–H and O–H groups in total. The van der Waals surface area contributed by atoms with Gasteiger partial charge in [0.2, 0.25) is 5.91 Å². The van der Waals surface area contributed by atoms with E-state index in [1.54, 1.807) is 42.3 Å². The highest BCUT2D eigenvalue weighted by molar-refractivity contribution is 6.02. The molecule has 1 aliphatic rings. The highest BCUT2D eigenvalue weighted by atomic mass is 16.5. The van der Waals surface area contributed by atoms with E-state index in [9.17, 15) is 9.59 Å². The number of amides is 2. The summed E-state index contributed by atoms with van der Waals surface area (Å²) in [4.78, 5) is 32.5. The lowest BCUT2D eigenvalue weighted by Gasteiger charge is -2.34. The molecule has 7 nitrogen and oxygen atoms in total. The van der Waals surface area contributed by atoms with Crippen LogP contribution in [0.15, 0.2) is 42.6 Å². The zero-order chi connectivity index (χ0) is 17.8. The maximum atomic E-state index is 12.6. The van der Waals surface area contributed by atoms with Crippen molar-refractivity contribution in [3.63, 3.8) is 0 Å². The number of carbonyl (C=O) groups is 2. The van der Waals surface area contributed by atoms with Gasteiger partial charge in [-0.05, 0) is 24.3 Å². The van der Waals surface area contributed by atoms with E-state index in [1.165, 1.54) is 0 Å². The maximum absolute atomic E-state index is 12.6. The first kappa shape index (κ1) is 16.8. The van der Waals surface area contributed by atoms with Crippen molar-refractivity contribution in [1.82, 2.24) is 9.88 Å². The highest BCUT2D eigenvalue weighted by Gasteiger charge is 2.28. The second-order valence-electron chi connectivity index (χ2n) is 5.65. The van der Waals surface area contributed by atoms with Gasteiger partial charge in [0.15, 0.2) is 0 Å². The number of ether oxygens (including phenoxy) is 1. The molecule has 3 rings (SSSR count). The fraction of sp³-hybridized carbons (Fsp3) is 0.278. The molecule has 7 heteroatoms. The molecule has 130 valence electrons. The van der Waals surface area contributed by atoms with Crippen LogP contribution in [0.5, 0.6) is 5.75 Å². The molecule has 1 fully saturated rings. The molecule has 1 aromatic heterocycles. The van der Waals surface area contributed by atoms with Crippen molar-refractivity contribution in [3.05, 3.63) is 48.2 Å². The van der Waals surface area contributed by atoms with Gasteiger partial charge >= 0.3 is 0 Å². The topological polar surface area (TPSA) is 74.8 Å². The molecule has 0 bridgehead atoms. The number of benzene rings is 1. The Morgan fingerprint density at radius 2 is 2.08 bits per heavy atom. The summed E-state index contributed by atoms with van der Waals surface area (Å²) in [5, 5.41) is 2.90. The third kappa shape index (κ3) is 3.55. The molecular weight excluding hydrogens is 320 g/mol. The van der Waals surface area contributed by atoms with Crippen molar-refractivity contribution in [3.8, 4) is 5.75 Å². The van der Waals surface area contributed by atoms with Crippen LogP contribution in [-0.2, 0) is 4.79 Å². The number of methoxy groups -OCH3 is 1. The Balaban J connectivity index is 1.72. The van der Waals surface area contributed by atoms with Crippen LogP contribution in [0, 0.1) is 0 Å². The number of nitrogens with one attached hydrogen (secondary N) is 1. The number of piperazine rings is 1. The van der Waals surface area contributed by atoms with Crippen LogP contribution in [0.1, 0.15) is 10.4 Å². The monoisotopic (exact) mass is 340 g/mol. The van der Waals surface area contributed by atoms with Crippen LogP contribution >= 0.6 is 0 Å². The molecular formula is C18H20N4O3. The summed E-state index contributed by atoms with van der Waals surface area (Å²) in [6, 6.07) is 10.7. The first-order valence-corrected chi connectivity index (χ1v) is 8.00. The smallest absolute Gasteiger partial charge is 0.254 e. The van der Waals surface area contributed by atoms with Gasteiger partial charge in [-0.25, -0.2) is 4.98 Å². The van der Waals surface area contributed by atoms with Crippen molar-refractivity contribution < 1.29 is 14.3 Å². The lowest BCUT2D eigenvalue weighted by molar-refractivity contribution is -0.120. The predicted molar refractivity (Wildman–Crippen MR) is 95.0 cm³/mol. The van der Waals surface area contributed by atoms with Gasteiger partial charge in [-0.2, -0.15) is 0 Å². The Morgan fingerprint density at radius 3 is 2.80 bits per heavy atom. The minimum absolute atomic E-state index is 0.0489. The van der Waals surface area contributed by atoms with E-state index in [2.05, 4.69) is 10.3 Å². The molecule has 0 spiro atoms. The highest BCUT2D eigenvalue weighted by Crippen LogP contribution is 2.23. The molecule has 0 saturated carbocycles. The lowest BCUT2D eigenvalue weighted by atomic mass is 10.2. The van der Waals surface area contributed by atoms with E-state index < -0.39 is 0 Å². The molecule has 25 heavy (non-hydrogen) atoms. The van der Waals surface area contributed by atoms with Gasteiger partial charge in [-0.1, -0.05) is 6.07 Å². The minimum Gasteiger partial charge on any atom is -0.497 e. The fourth-order valence-corrected chi connectivity index (χ4v) is 2.78. The van der Waals surface area contributed by atoms with Crippen molar-refractivity contribution in [2.24, 2.45) is 0 Å². The Bertz CT molecular complexity index is 793. The van der Waals surface area contributed by atoms with E-state index in [0.29, 0.717) is 30.2 Å². The zero-order valence-corrected chi connectivity index (χ0v) is 14.2. The summed E-state index contributed by atoms with van der Waals surface area (Å²) in [5.41, 5.74) is 1.29. The first-order valence-electron chi connectivity index (χ1n) is 8.00. The molecule has 0 atom stereocenters. The number of hydrogen-bond acceptors (Lipinski definition) is 5. The van der Waals surface area contributed by atoms with Crippen molar-refractivity contribution in [1.29, 1.82) is 0 Å². The zero-order valence-electron chi connectivity index (χ0n) is 14.2. The van der Waals surface area contributed by atoms with E-state index in [-0.39, 0.29) is 18.4 Å². The Hall–Kier alpha value is -3.09. The number of rotatable bonds is 4. The van der Waals surface area contributed by atoms with Crippen LogP contribution < -0.4 is 15.0 Å². The molecule has 0 radical (unpaired) electrons. The number of hydrogen-bond donors (Lipinski definition) is 1. The van der Waals surface area contributed by atoms with Gasteiger partial charge in [0.25, 0.3) is 5.91 Å². The molecule has 1 aliphatic heterocycles. The van der Waals surface area contributed by atoms with Gasteiger partial charge in [0, 0.05) is 43.7 Å². The van der Waals surface area contributed by atoms with Crippen molar-refractivity contribution >= 4 is 23.3 Å². The number of pyridine rings is 1. The Kier molecular flexibility index (Phi) is 4.83. The van der Waals surface area contributed by atoms with E-state index in [4.69, 9.17) is 4.74 Å². The van der Waals surface area contributed by atoms with Crippen LogP contribution in [0.25, 0.3) is 0 Å². The van der Waals surface area contributed by atoms with Gasteiger partial charge in [0.1, 0.15) is 18.1 Å². The van der Waals surface area contributed by atoms with E-state index >= 15 is 0 Å². The Morgan fingerprint density at radius 1 is 1.24 bits per heavy atom. The van der Waals surface area contributed by atoms with E-state index in [0.717, 1.165) is 5.69 Å². The number of nitrogens with zero attached hydrogens (tertiary/aromatic N) is 3. The Labute approximate surface area is 146 Å². The number of aromatic nitrogens is 1. The van der Waals surface area contributed by atoms with E-state index in [1.807, 2.05) is 24.3 Å². The summed E-state index contributed by atoms with van der Waals surface area (Å²) in [6.45, 7) is 0.966. The lowest BCUT2D eigenvalue weighted by Crippen LogP contribution is -2.52. The molecule has 0 unspecified atom stereocenters. The molecule has 1 saturated heterocycles. The maximum Gasteiger partial charge on any atom is 0.254 e. The average Bonchev–Trinajstić information content (AvgIpc) is 2.67. The molecule has 2 aromatic rings. The average molecular weight is 340 g/mol. The molecule has 2 heterocycles. The molecule has 1 aromatic carbocycles. The molecule has 2 amide bonds. The molecule has 0 aliphatic carbocycles. The SMILES string of the molecule is CNc1cc(C(=O)N2CCN(c3cccc(OC)c3)C(=O)C2)ccn1. The van der Waals surface area contributed by atoms with Gasteiger partial charge in [0.05, 0.1) is 7.11 Å². The summed E-state index contributed by atoms with van der Waals surface area (Å²) in [6.07, 6.45) is 1.58. The second-order valence-corrected chi connectivity index (χ2v) is 5.65. The summed E-state index contributed by atoms with van der Waals surface area (Å²) < 4.78 is 5.21. The van der Waals surface area contributed by atoms with Gasteiger partial charge < -0.3 is 19.9 Å². The fourth-order valence-electron chi connectivity index (χ4n) is 2.78. The first-order chi connectivity index (χ1) is 12.1. The second kappa shape index (κ2) is 7.21. The normalized spacial score (nSPS) is 14.4. The van der Waals surface area contributed by atoms with Gasteiger partial charge in [-0.15, -0.1) is 0 Å². The predicted octanol–water partition coefficient (Wildman–Crippen LogP) is 1.62. The van der Waals surface area contributed by atoms with Crippen molar-refractivity contribution in [2.75, 3.05) is 44.0 Å². The third-order valence-corrected chi connectivity index (χ3v) is 4.14. The van der Waals surface area contributed by atoms with Gasteiger partial charge in [-0.3, -0.25) is 9.59 Å². The summed E-state index contributed by atoms with van der Waals surface area (Å²) in [5.74, 6) is 1.03. The van der Waals surface area contributed by atoms with Crippen LogP contribution in [0.4, 0.5) is 11.5 Å². The van der Waals surface area contributed by atoms with Crippen molar-refractivity contribution in [2.45, 2.75) is 0 Å². The van der Waals surface area contributed by atoms with Crippen LogP contribution in [0.3, 0.4) is 0 Å². The largest absolute Gasteiger partial charge is 0.497 e. The van der Waals surface area contributed by atoms with Crippen LogP contribution in [-0.4, -0.2) is 55.5 Å². The number of anilines is 2. The number of carbonyl (C=O) groups excluding carboxylic acids is 2. The quantitative estimate of drug-likeness (QED) is 0.915. The standard InChI is InChI=1S/C18H20N4O3/c1-19-16-10-13(6-7-20-16)18(24)21-8-9-22(17(23)12-21)14-4-3-5-15(11-14)25-2/h3-7,10-11H,8-9,12H2,1-2H3,(H,19,20). The summed E-state index contributed by atoms with van der Waals surface area (Å²) >= 11 is 0.